The Balaban J connectivity index is 3.12. The SMILES string of the molecule is CCN(CCC(=O)OC)c1nc(C(F)(F)F)ccc1C#N. The van der Waals surface area contributed by atoms with Crippen molar-refractivity contribution < 1.29 is 22.7 Å². The minimum absolute atomic E-state index is 0.00681. The molecule has 0 N–H and O–H groups in total. The molecule has 5 nitrogen and oxygen atoms in total. The van der Waals surface area contributed by atoms with E-state index in [1.807, 2.05) is 0 Å². The highest BCUT2D eigenvalue weighted by Crippen LogP contribution is 2.30. The molecule has 1 aromatic rings. The number of pyridine rings is 1. The largest absolute Gasteiger partial charge is 0.469 e. The smallest absolute Gasteiger partial charge is 0.433 e. The van der Waals surface area contributed by atoms with Crippen LogP contribution < -0.4 is 4.90 Å². The van der Waals surface area contributed by atoms with Crippen LogP contribution in [0, 0.1) is 11.3 Å². The average molecular weight is 301 g/mol. The van der Waals surface area contributed by atoms with Crippen molar-refractivity contribution in [1.82, 2.24) is 4.98 Å². The van der Waals surface area contributed by atoms with E-state index in [2.05, 4.69) is 9.72 Å². The number of nitrogens with zero attached hydrogens (tertiary/aromatic N) is 3. The van der Waals surface area contributed by atoms with E-state index < -0.39 is 17.8 Å². The van der Waals surface area contributed by atoms with Crippen LogP contribution in [0.5, 0.6) is 0 Å². The number of alkyl halides is 3. The van der Waals surface area contributed by atoms with Crippen LogP contribution in [0.4, 0.5) is 19.0 Å². The number of esters is 1. The lowest BCUT2D eigenvalue weighted by atomic mass is 10.2. The van der Waals surface area contributed by atoms with E-state index in [-0.39, 0.29) is 24.3 Å². The van der Waals surface area contributed by atoms with Gasteiger partial charge in [0.25, 0.3) is 0 Å². The Morgan fingerprint density at radius 3 is 2.62 bits per heavy atom. The van der Waals surface area contributed by atoms with E-state index in [0.29, 0.717) is 6.54 Å². The number of ether oxygens (including phenoxy) is 1. The first-order valence-corrected chi connectivity index (χ1v) is 6.13. The molecule has 114 valence electrons. The van der Waals surface area contributed by atoms with Gasteiger partial charge in [0.15, 0.2) is 0 Å². The first-order valence-electron chi connectivity index (χ1n) is 6.13. The first-order chi connectivity index (χ1) is 9.83. The zero-order valence-electron chi connectivity index (χ0n) is 11.6. The highest BCUT2D eigenvalue weighted by atomic mass is 19.4. The quantitative estimate of drug-likeness (QED) is 0.781. The van der Waals surface area contributed by atoms with Crippen molar-refractivity contribution in [2.75, 3.05) is 25.1 Å². The van der Waals surface area contributed by atoms with Gasteiger partial charge in [-0.2, -0.15) is 18.4 Å². The van der Waals surface area contributed by atoms with E-state index in [4.69, 9.17) is 5.26 Å². The molecule has 0 aliphatic heterocycles. The van der Waals surface area contributed by atoms with Gasteiger partial charge in [-0.1, -0.05) is 0 Å². The number of rotatable bonds is 5. The molecule has 0 unspecified atom stereocenters. The van der Waals surface area contributed by atoms with Gasteiger partial charge in [0, 0.05) is 13.1 Å². The fraction of sp³-hybridized carbons (Fsp3) is 0.462. The third kappa shape index (κ3) is 4.34. The molecule has 1 aromatic heterocycles. The van der Waals surface area contributed by atoms with Crippen molar-refractivity contribution in [2.45, 2.75) is 19.5 Å². The van der Waals surface area contributed by atoms with Crippen molar-refractivity contribution in [3.63, 3.8) is 0 Å². The standard InChI is InChI=1S/C13H14F3N3O2/c1-3-19(7-6-11(20)21-2)12-9(8-17)4-5-10(18-12)13(14,15)16/h4-5H,3,6-7H2,1-2H3. The zero-order valence-corrected chi connectivity index (χ0v) is 11.6. The average Bonchev–Trinajstić information content (AvgIpc) is 2.46. The van der Waals surface area contributed by atoms with Gasteiger partial charge in [-0.05, 0) is 19.1 Å². The molecule has 8 heteroatoms. The molecule has 0 bridgehead atoms. The zero-order chi connectivity index (χ0) is 16.0. The van der Waals surface area contributed by atoms with Crippen LogP contribution >= 0.6 is 0 Å². The molecule has 21 heavy (non-hydrogen) atoms. The number of hydrogen-bond acceptors (Lipinski definition) is 5. The van der Waals surface area contributed by atoms with Gasteiger partial charge >= 0.3 is 12.1 Å². The molecule has 1 rings (SSSR count). The monoisotopic (exact) mass is 301 g/mol. The van der Waals surface area contributed by atoms with Gasteiger partial charge in [-0.25, -0.2) is 4.98 Å². The lowest BCUT2D eigenvalue weighted by Crippen LogP contribution is -2.28. The fourth-order valence-electron chi connectivity index (χ4n) is 1.68. The molecule has 0 aliphatic rings. The molecule has 0 saturated carbocycles. The Labute approximate surface area is 119 Å². The van der Waals surface area contributed by atoms with E-state index >= 15 is 0 Å². The number of nitriles is 1. The second-order valence-electron chi connectivity index (χ2n) is 4.08. The summed E-state index contributed by atoms with van der Waals surface area (Å²) in [6, 6.07) is 3.64. The van der Waals surface area contributed by atoms with Crippen LogP contribution in [0.1, 0.15) is 24.6 Å². The summed E-state index contributed by atoms with van der Waals surface area (Å²) in [6.45, 7) is 2.12. The number of carbonyl (C=O) groups is 1. The van der Waals surface area contributed by atoms with Crippen LogP contribution in [-0.2, 0) is 15.7 Å². The molecular weight excluding hydrogens is 287 g/mol. The molecule has 1 heterocycles. The van der Waals surface area contributed by atoms with Crippen LogP contribution in [0.2, 0.25) is 0 Å². The summed E-state index contributed by atoms with van der Waals surface area (Å²) in [6.07, 6.45) is -4.60. The minimum atomic E-state index is -4.59. The predicted octanol–water partition coefficient (Wildman–Crippen LogP) is 2.36. The number of anilines is 1. The Kier molecular flexibility index (Phi) is 5.52. The highest BCUT2D eigenvalue weighted by molar-refractivity contribution is 5.70. The summed E-state index contributed by atoms with van der Waals surface area (Å²) in [5.41, 5.74) is -1.05. The Bertz CT molecular complexity index is 553. The Hall–Kier alpha value is -2.30. The van der Waals surface area contributed by atoms with Crippen molar-refractivity contribution in [1.29, 1.82) is 5.26 Å². The minimum Gasteiger partial charge on any atom is -0.469 e. The summed E-state index contributed by atoms with van der Waals surface area (Å²) in [7, 11) is 1.22. The third-order valence-electron chi connectivity index (χ3n) is 2.78. The number of methoxy groups -OCH3 is 1. The van der Waals surface area contributed by atoms with Crippen molar-refractivity contribution in [2.24, 2.45) is 0 Å². The molecule has 0 saturated heterocycles. The number of aromatic nitrogens is 1. The lowest BCUT2D eigenvalue weighted by molar-refractivity contribution is -0.141. The second-order valence-corrected chi connectivity index (χ2v) is 4.08. The normalized spacial score (nSPS) is 10.9. The van der Waals surface area contributed by atoms with Crippen LogP contribution in [0.25, 0.3) is 0 Å². The lowest BCUT2D eigenvalue weighted by Gasteiger charge is -2.23. The van der Waals surface area contributed by atoms with Gasteiger partial charge in [0.05, 0.1) is 19.1 Å². The van der Waals surface area contributed by atoms with E-state index in [1.165, 1.54) is 12.0 Å². The van der Waals surface area contributed by atoms with Crippen molar-refractivity contribution in [3.8, 4) is 6.07 Å². The fourth-order valence-corrected chi connectivity index (χ4v) is 1.68. The van der Waals surface area contributed by atoms with Gasteiger partial charge in [-0.15, -0.1) is 0 Å². The molecule has 0 atom stereocenters. The van der Waals surface area contributed by atoms with Crippen LogP contribution in [0.3, 0.4) is 0 Å². The Morgan fingerprint density at radius 1 is 1.48 bits per heavy atom. The summed E-state index contributed by atoms with van der Waals surface area (Å²) in [4.78, 5) is 16.1. The van der Waals surface area contributed by atoms with E-state index in [9.17, 15) is 18.0 Å². The number of halogens is 3. The van der Waals surface area contributed by atoms with Gasteiger partial charge in [0.2, 0.25) is 0 Å². The molecule has 0 radical (unpaired) electrons. The second kappa shape index (κ2) is 6.92. The molecule has 0 aliphatic carbocycles. The van der Waals surface area contributed by atoms with Gasteiger partial charge in [-0.3, -0.25) is 4.79 Å². The van der Waals surface area contributed by atoms with Crippen molar-refractivity contribution in [3.05, 3.63) is 23.4 Å². The van der Waals surface area contributed by atoms with E-state index in [1.54, 1.807) is 13.0 Å². The number of hydrogen-bond donors (Lipinski definition) is 0. The summed E-state index contributed by atoms with van der Waals surface area (Å²) in [5.74, 6) is -0.572. The third-order valence-corrected chi connectivity index (χ3v) is 2.78. The Morgan fingerprint density at radius 2 is 2.14 bits per heavy atom. The van der Waals surface area contributed by atoms with Gasteiger partial charge < -0.3 is 9.64 Å². The summed E-state index contributed by atoms with van der Waals surface area (Å²) in [5, 5.41) is 8.99. The molecule has 0 aromatic carbocycles. The maximum Gasteiger partial charge on any atom is 0.433 e. The maximum absolute atomic E-state index is 12.7. The predicted molar refractivity (Wildman–Crippen MR) is 68.5 cm³/mol. The maximum atomic E-state index is 12.7. The molecule has 0 fully saturated rings. The molecular formula is C13H14F3N3O2. The number of carbonyl (C=O) groups excluding carboxylic acids is 1. The van der Waals surface area contributed by atoms with Crippen LogP contribution in [-0.4, -0.2) is 31.2 Å². The summed E-state index contributed by atoms with van der Waals surface area (Å²) >= 11 is 0. The van der Waals surface area contributed by atoms with Gasteiger partial charge in [0.1, 0.15) is 17.6 Å². The highest BCUT2D eigenvalue weighted by Gasteiger charge is 2.33. The van der Waals surface area contributed by atoms with E-state index in [0.717, 1.165) is 12.1 Å². The molecule has 0 amide bonds. The first kappa shape index (κ1) is 16.8. The summed E-state index contributed by atoms with van der Waals surface area (Å²) < 4.78 is 42.6. The topological polar surface area (TPSA) is 66.2 Å². The van der Waals surface area contributed by atoms with Crippen LogP contribution in [0.15, 0.2) is 12.1 Å². The van der Waals surface area contributed by atoms with Crippen molar-refractivity contribution >= 4 is 11.8 Å². The molecule has 0 spiro atoms.